The van der Waals surface area contributed by atoms with Gasteiger partial charge in [0.25, 0.3) is 0 Å². The Labute approximate surface area is 194 Å². The van der Waals surface area contributed by atoms with E-state index >= 15 is 0 Å². The van der Waals surface area contributed by atoms with Crippen molar-refractivity contribution in [1.29, 1.82) is 0 Å². The number of rotatable bonds is 6. The minimum absolute atomic E-state index is 0.0289. The van der Waals surface area contributed by atoms with Crippen molar-refractivity contribution in [3.05, 3.63) is 71.2 Å². The summed E-state index contributed by atoms with van der Waals surface area (Å²) < 4.78 is 27.3. The Bertz CT molecular complexity index is 1270. The first-order valence-electron chi connectivity index (χ1n) is 9.19. The highest BCUT2D eigenvalue weighted by Gasteiger charge is 2.21. The summed E-state index contributed by atoms with van der Waals surface area (Å²) in [6.07, 6.45) is 0. The molecule has 5 N–H and O–H groups in total. The monoisotopic (exact) mass is 490 g/mol. The van der Waals surface area contributed by atoms with Crippen LogP contribution in [-0.4, -0.2) is 20.0 Å². The summed E-state index contributed by atoms with van der Waals surface area (Å²) in [5, 5.41) is 5.76. The number of sulfonamides is 1. The van der Waals surface area contributed by atoms with E-state index in [1.807, 2.05) is 18.2 Å². The van der Waals surface area contributed by atoms with E-state index in [2.05, 4.69) is 21.8 Å². The van der Waals surface area contributed by atoms with Crippen LogP contribution in [0.5, 0.6) is 0 Å². The van der Waals surface area contributed by atoms with Crippen LogP contribution in [0.1, 0.15) is 5.56 Å². The number of aliphatic imine (C=N–C) groups is 1. The third-order valence-electron chi connectivity index (χ3n) is 4.53. The second kappa shape index (κ2) is 9.13. The number of amidine groups is 1. The molecule has 31 heavy (non-hydrogen) atoms. The summed E-state index contributed by atoms with van der Waals surface area (Å²) in [6.45, 7) is 0. The Morgan fingerprint density at radius 2 is 1.81 bits per heavy atom. The molecule has 0 spiro atoms. The molecule has 0 saturated carbocycles. The van der Waals surface area contributed by atoms with Crippen molar-refractivity contribution in [2.45, 2.75) is 15.5 Å². The summed E-state index contributed by atoms with van der Waals surface area (Å²) in [7, 11) is -3.95. The van der Waals surface area contributed by atoms with Crippen LogP contribution in [0.25, 0.3) is 11.1 Å². The molecule has 6 nitrogen and oxygen atoms in total. The maximum absolute atomic E-state index is 12.0. The Morgan fingerprint density at radius 3 is 2.55 bits per heavy atom. The van der Waals surface area contributed by atoms with E-state index in [1.165, 1.54) is 29.6 Å². The number of nitrogen functional groups attached to an aromatic ring is 1. The van der Waals surface area contributed by atoms with Crippen LogP contribution in [-0.2, 0) is 15.8 Å². The number of nitrogens with zero attached hydrogens (tertiary/aromatic N) is 1. The highest BCUT2D eigenvalue weighted by molar-refractivity contribution is 8.00. The Morgan fingerprint density at radius 1 is 1.03 bits per heavy atom. The van der Waals surface area contributed by atoms with Gasteiger partial charge >= 0.3 is 0 Å². The van der Waals surface area contributed by atoms with Crippen molar-refractivity contribution in [2.24, 2.45) is 10.1 Å². The SMILES string of the molecule is Nc1ccc(S(N)(=O)=O)c(-c2cc3c(cc2Cl)N=C(CSCc2ccccc2)NS3)c1. The van der Waals surface area contributed by atoms with E-state index in [9.17, 15) is 8.42 Å². The molecule has 0 radical (unpaired) electrons. The van der Waals surface area contributed by atoms with Gasteiger partial charge in [0.1, 0.15) is 5.84 Å². The average molecular weight is 491 g/mol. The second-order valence-corrected chi connectivity index (χ2v) is 10.6. The zero-order valence-electron chi connectivity index (χ0n) is 16.2. The highest BCUT2D eigenvalue weighted by Crippen LogP contribution is 2.42. The third-order valence-corrected chi connectivity index (χ3v) is 7.71. The van der Waals surface area contributed by atoms with Crippen molar-refractivity contribution >= 4 is 62.5 Å². The van der Waals surface area contributed by atoms with Crippen LogP contribution < -0.4 is 15.6 Å². The molecule has 0 bridgehead atoms. The number of thioether (sulfide) groups is 1. The Hall–Kier alpha value is -2.17. The molecule has 0 atom stereocenters. The van der Waals surface area contributed by atoms with Gasteiger partial charge in [-0.15, -0.1) is 11.8 Å². The maximum atomic E-state index is 12.0. The lowest BCUT2D eigenvalue weighted by Crippen LogP contribution is -2.21. The molecular formula is C21H19ClN4O2S3. The Balaban J connectivity index is 1.60. The predicted molar refractivity (Wildman–Crippen MR) is 131 cm³/mol. The average Bonchev–Trinajstić information content (AvgIpc) is 2.73. The molecule has 3 aromatic rings. The third kappa shape index (κ3) is 5.19. The lowest BCUT2D eigenvalue weighted by Gasteiger charge is -2.19. The standard InChI is InChI=1S/C21H19ClN4O2S3/c22-17-10-18-19(9-15(17)16-8-14(23)6-7-20(16)31(24,27)28)30-26-21(25-18)12-29-11-13-4-2-1-3-5-13/h1-10H,11-12,23H2,(H,25,26)(H2,24,27,28). The molecule has 0 aliphatic carbocycles. The molecule has 4 rings (SSSR count). The van der Waals surface area contributed by atoms with Crippen LogP contribution >= 0.6 is 35.3 Å². The maximum Gasteiger partial charge on any atom is 0.238 e. The van der Waals surface area contributed by atoms with E-state index in [0.29, 0.717) is 21.8 Å². The minimum Gasteiger partial charge on any atom is -0.399 e. The van der Waals surface area contributed by atoms with Gasteiger partial charge in [0, 0.05) is 22.6 Å². The number of anilines is 1. The van der Waals surface area contributed by atoms with Gasteiger partial charge in [0.15, 0.2) is 0 Å². The number of nitrogens with one attached hydrogen (secondary N) is 1. The van der Waals surface area contributed by atoms with Gasteiger partial charge in [-0.05, 0) is 47.8 Å². The topological polar surface area (TPSA) is 111 Å². The molecule has 3 aromatic carbocycles. The van der Waals surface area contributed by atoms with Crippen LogP contribution in [0.2, 0.25) is 5.02 Å². The first-order valence-corrected chi connectivity index (χ1v) is 13.1. The van der Waals surface area contributed by atoms with Gasteiger partial charge in [-0.25, -0.2) is 18.5 Å². The molecule has 1 aliphatic heterocycles. The smallest absolute Gasteiger partial charge is 0.238 e. The van der Waals surface area contributed by atoms with E-state index < -0.39 is 10.0 Å². The fraction of sp³-hybridized carbons (Fsp3) is 0.0952. The van der Waals surface area contributed by atoms with Crippen LogP contribution in [0.3, 0.4) is 0 Å². The fourth-order valence-electron chi connectivity index (χ4n) is 3.11. The van der Waals surface area contributed by atoms with Gasteiger partial charge in [0.05, 0.1) is 26.3 Å². The minimum atomic E-state index is -3.95. The number of benzene rings is 3. The van der Waals surface area contributed by atoms with Gasteiger partial charge in [-0.3, -0.25) is 0 Å². The zero-order valence-corrected chi connectivity index (χ0v) is 19.4. The second-order valence-electron chi connectivity index (χ2n) is 6.84. The first kappa shape index (κ1) is 22.0. The van der Waals surface area contributed by atoms with Crippen LogP contribution in [0, 0.1) is 0 Å². The summed E-state index contributed by atoms with van der Waals surface area (Å²) >= 11 is 9.70. The van der Waals surface area contributed by atoms with Crippen molar-refractivity contribution in [3.63, 3.8) is 0 Å². The lowest BCUT2D eigenvalue weighted by atomic mass is 10.0. The molecular weight excluding hydrogens is 472 g/mol. The summed E-state index contributed by atoms with van der Waals surface area (Å²) in [6, 6.07) is 18.2. The normalized spacial score (nSPS) is 13.3. The zero-order chi connectivity index (χ0) is 22.0. The number of halogens is 1. The quantitative estimate of drug-likeness (QED) is 0.338. The summed E-state index contributed by atoms with van der Waals surface area (Å²) in [4.78, 5) is 5.48. The van der Waals surface area contributed by atoms with Crippen LogP contribution in [0.4, 0.5) is 11.4 Å². The van der Waals surface area contributed by atoms with Crippen molar-refractivity contribution in [3.8, 4) is 11.1 Å². The lowest BCUT2D eigenvalue weighted by molar-refractivity contribution is 0.598. The molecule has 1 heterocycles. The molecule has 1 aliphatic rings. The number of primary sulfonamides is 1. The van der Waals surface area contributed by atoms with Crippen molar-refractivity contribution < 1.29 is 8.42 Å². The number of fused-ring (bicyclic) bond motifs is 1. The summed E-state index contributed by atoms with van der Waals surface area (Å²) in [5.74, 6) is 2.46. The Kier molecular flexibility index (Phi) is 6.49. The molecule has 0 unspecified atom stereocenters. The molecule has 0 amide bonds. The largest absolute Gasteiger partial charge is 0.399 e. The molecule has 0 saturated heterocycles. The van der Waals surface area contributed by atoms with Gasteiger partial charge in [-0.2, -0.15) is 0 Å². The number of nitrogens with two attached hydrogens (primary N) is 2. The highest BCUT2D eigenvalue weighted by atomic mass is 35.5. The van der Waals surface area contributed by atoms with Crippen molar-refractivity contribution in [2.75, 3.05) is 11.5 Å². The predicted octanol–water partition coefficient (Wildman–Crippen LogP) is 4.81. The van der Waals surface area contributed by atoms with E-state index in [0.717, 1.165) is 27.9 Å². The van der Waals surface area contributed by atoms with Gasteiger partial charge < -0.3 is 10.5 Å². The summed E-state index contributed by atoms with van der Waals surface area (Å²) in [5.41, 5.74) is 9.18. The van der Waals surface area contributed by atoms with Crippen LogP contribution in [0.15, 0.2) is 75.4 Å². The molecule has 10 heteroatoms. The first-order chi connectivity index (χ1) is 14.8. The van der Waals surface area contributed by atoms with E-state index in [4.69, 9.17) is 22.5 Å². The van der Waals surface area contributed by atoms with Crippen molar-refractivity contribution in [1.82, 2.24) is 4.72 Å². The van der Waals surface area contributed by atoms with E-state index in [-0.39, 0.29) is 4.90 Å². The van der Waals surface area contributed by atoms with Gasteiger partial charge in [-0.1, -0.05) is 41.9 Å². The molecule has 0 fully saturated rings. The number of hydrogen-bond acceptors (Lipinski definition) is 7. The number of hydrogen-bond donors (Lipinski definition) is 3. The molecule has 0 aromatic heterocycles. The fourth-order valence-corrected chi connectivity index (χ4v) is 5.78. The van der Waals surface area contributed by atoms with E-state index in [1.54, 1.807) is 30.0 Å². The molecule has 160 valence electrons. The van der Waals surface area contributed by atoms with Gasteiger partial charge in [0.2, 0.25) is 10.0 Å².